The van der Waals surface area contributed by atoms with Crippen molar-refractivity contribution in [3.63, 3.8) is 0 Å². The Bertz CT molecular complexity index is 2180. The summed E-state index contributed by atoms with van der Waals surface area (Å²) in [7, 11) is 2.85. The number of benzene rings is 6. The summed E-state index contributed by atoms with van der Waals surface area (Å²) in [6.45, 7) is 31.0. The molecule has 0 radical (unpaired) electrons. The lowest BCUT2D eigenvalue weighted by Crippen LogP contribution is -2.43. The molecule has 3 nitrogen and oxygen atoms in total. The van der Waals surface area contributed by atoms with Crippen molar-refractivity contribution >= 4 is 47.0 Å². The van der Waals surface area contributed by atoms with E-state index in [0.717, 1.165) is 28.8 Å². The van der Waals surface area contributed by atoms with Crippen LogP contribution in [0.25, 0.3) is 0 Å². The maximum atomic E-state index is 9.50. The molecule has 1 aromatic heterocycles. The Hall–Kier alpha value is -5.45. The highest BCUT2D eigenvalue weighted by Gasteiger charge is 2.41. The monoisotopic (exact) mass is 1090 g/mol. The number of para-hydroxylation sites is 3. The molecule has 7 heteroatoms. The van der Waals surface area contributed by atoms with Crippen LogP contribution in [0, 0.1) is 53.0 Å². The Morgan fingerprint density at radius 2 is 0.877 bits per heavy atom. The standard InChI is InChI=1S/C13H13N.C12H24Si.C10H14.C8H10.C7H8O.C7H8.C6H7N.CH3Br.CH3Cl.CH3F/c1-14(12-8-4-2-5-9-12)13-10-6-3-7-11-13;1-8-9-13(10(2)3,11(4)5)12(6)7;1-7-5-8(2)10(4)9(3)6-7;1-2-8-6-4-3-5-7-8;1-8-7-5-3-2-4-6-7;1-7-5-3-2-4-6-7;1-6-2-4-7-5-3-6;3*1-2/h2-11H,1H3;10-12H,1-7H3;5-6H,1-4H3;3-7H,2H2,1H3;2-6H,1H3;2-6H,1H3;2-5H,1H3;3*1H3. The van der Waals surface area contributed by atoms with Crippen LogP contribution in [0.2, 0.25) is 16.6 Å². The first kappa shape index (κ1) is 71.8. The fourth-order valence-electron chi connectivity index (χ4n) is 7.59. The van der Waals surface area contributed by atoms with Crippen LogP contribution in [0.4, 0.5) is 15.8 Å². The molecule has 0 saturated heterocycles. The molecule has 6 aromatic carbocycles. The molecule has 0 bridgehead atoms. The number of anilines is 2. The predicted octanol–water partition coefficient (Wildman–Crippen LogP) is 20.4. The first-order valence-corrected chi connectivity index (χ1v) is 29.6. The second-order valence-corrected chi connectivity index (χ2v) is 23.1. The summed E-state index contributed by atoms with van der Waals surface area (Å²) in [6.07, 6.45) is 6.19. The summed E-state index contributed by atoms with van der Waals surface area (Å²) >= 11 is 7.58. The van der Waals surface area contributed by atoms with Gasteiger partial charge in [0, 0.05) is 37.2 Å². The predicted molar refractivity (Wildman–Crippen MR) is 333 cm³/mol. The van der Waals surface area contributed by atoms with Gasteiger partial charge in [-0.3, -0.25) is 9.37 Å². The van der Waals surface area contributed by atoms with Crippen LogP contribution in [0.1, 0.15) is 94.3 Å². The smallest absolute Gasteiger partial charge is 0.145 e. The second-order valence-electron chi connectivity index (χ2n) is 17.6. The van der Waals surface area contributed by atoms with Crippen LogP contribution in [-0.2, 0) is 6.42 Å². The number of methoxy groups -OCH3 is 1. The van der Waals surface area contributed by atoms with E-state index in [4.69, 9.17) is 4.74 Å². The van der Waals surface area contributed by atoms with Crippen molar-refractivity contribution in [3.05, 3.63) is 227 Å². The third-order valence-electron chi connectivity index (χ3n) is 11.6. The number of ether oxygens (including phenoxy) is 1. The Labute approximate surface area is 461 Å². The summed E-state index contributed by atoms with van der Waals surface area (Å²) in [4.78, 5) is 6.01. The molecule has 0 amide bonds. The number of pyridine rings is 1. The molecule has 0 atom stereocenters. The van der Waals surface area contributed by atoms with Crippen molar-refractivity contribution in [2.24, 2.45) is 0 Å². The van der Waals surface area contributed by atoms with Gasteiger partial charge in [-0.1, -0.05) is 203 Å². The summed E-state index contributed by atoms with van der Waals surface area (Å²) < 4.78 is 14.4. The number of hydrogen-bond donors (Lipinski definition) is 0. The topological polar surface area (TPSA) is 25.4 Å². The Morgan fingerprint density at radius 1 is 0.548 bits per heavy atom. The van der Waals surface area contributed by atoms with Gasteiger partial charge in [0.15, 0.2) is 0 Å². The molecule has 7 rings (SSSR count). The highest BCUT2D eigenvalue weighted by atomic mass is 79.9. The van der Waals surface area contributed by atoms with E-state index in [1.54, 1.807) is 19.5 Å². The van der Waals surface area contributed by atoms with Crippen molar-refractivity contribution in [3.8, 4) is 17.2 Å². The number of hydrogen-bond acceptors (Lipinski definition) is 3. The molecule has 0 unspecified atom stereocenters. The van der Waals surface area contributed by atoms with Gasteiger partial charge in [-0.05, 0) is 154 Å². The molecule has 0 spiro atoms. The minimum atomic E-state index is -1.39. The Balaban J connectivity index is -0.000000779. The third kappa shape index (κ3) is 32.4. The summed E-state index contributed by atoms with van der Waals surface area (Å²) in [5.41, 5.74) is 17.9. The van der Waals surface area contributed by atoms with Crippen molar-refractivity contribution in [2.45, 2.75) is 120 Å². The normalized spacial score (nSPS) is 9.27. The van der Waals surface area contributed by atoms with E-state index < -0.39 is 8.07 Å². The van der Waals surface area contributed by atoms with Gasteiger partial charge >= 0.3 is 0 Å². The van der Waals surface area contributed by atoms with Gasteiger partial charge in [-0.25, -0.2) is 0 Å². The molecule has 0 N–H and O–H groups in total. The van der Waals surface area contributed by atoms with Crippen LogP contribution in [0.3, 0.4) is 0 Å². The van der Waals surface area contributed by atoms with Crippen LogP contribution in [0.5, 0.6) is 5.75 Å². The molecule has 73 heavy (non-hydrogen) atoms. The van der Waals surface area contributed by atoms with Gasteiger partial charge in [0.2, 0.25) is 0 Å². The van der Waals surface area contributed by atoms with E-state index in [1.165, 1.54) is 56.7 Å². The molecule has 0 fully saturated rings. The average molecular weight is 1090 g/mol. The van der Waals surface area contributed by atoms with Crippen LogP contribution in [-0.4, -0.2) is 46.6 Å². The quantitative estimate of drug-likeness (QED) is 0.0904. The van der Waals surface area contributed by atoms with E-state index in [-0.39, 0.29) is 0 Å². The lowest BCUT2D eigenvalue weighted by atomic mass is 10.0. The van der Waals surface area contributed by atoms with Gasteiger partial charge in [0.1, 0.15) is 13.8 Å². The first-order chi connectivity index (χ1) is 35.0. The zero-order valence-electron chi connectivity index (χ0n) is 48.3. The number of nitrogens with zero attached hydrogens (tertiary/aromatic N) is 2. The molecular formula is C66H93BrClFN2OSi. The van der Waals surface area contributed by atoms with Crippen molar-refractivity contribution in [2.75, 3.05) is 38.5 Å². The van der Waals surface area contributed by atoms with Gasteiger partial charge in [-0.2, -0.15) is 0 Å². The van der Waals surface area contributed by atoms with Gasteiger partial charge in [0.05, 0.1) is 14.3 Å². The van der Waals surface area contributed by atoms with Crippen LogP contribution in [0.15, 0.2) is 188 Å². The second kappa shape index (κ2) is 46.3. The largest absolute Gasteiger partial charge is 0.497 e. The molecule has 0 aliphatic rings. The third-order valence-corrected chi connectivity index (χ3v) is 18.0. The minimum Gasteiger partial charge on any atom is -0.497 e. The van der Waals surface area contributed by atoms with Gasteiger partial charge in [-0.15, -0.1) is 23.1 Å². The fraction of sp³-hybridized carbons (Fsp3) is 0.348. The maximum absolute atomic E-state index is 9.50. The first-order valence-electron chi connectivity index (χ1n) is 25.0. The molecule has 0 saturated carbocycles. The lowest BCUT2D eigenvalue weighted by molar-refractivity contribution is 0.415. The van der Waals surface area contributed by atoms with Gasteiger partial charge in [0.25, 0.3) is 0 Å². The minimum absolute atomic E-state index is 0.500. The summed E-state index contributed by atoms with van der Waals surface area (Å²) in [5, 5.41) is 0. The Morgan fingerprint density at radius 3 is 1.11 bits per heavy atom. The van der Waals surface area contributed by atoms with E-state index in [1.807, 2.05) is 98.5 Å². The van der Waals surface area contributed by atoms with E-state index in [0.29, 0.717) is 7.18 Å². The highest BCUT2D eigenvalue weighted by molar-refractivity contribution is 9.08. The molecule has 7 aromatic rings. The van der Waals surface area contributed by atoms with E-state index in [9.17, 15) is 4.39 Å². The van der Waals surface area contributed by atoms with E-state index in [2.05, 4.69) is 236 Å². The number of aryl methyl sites for hydroxylation is 6. The SMILES string of the molecule is CBr.CC#C[Si](C(C)C)(C(C)C)C(C)C.CCc1ccccc1.CCl.CF.CN(c1ccccc1)c1ccccc1.COc1ccccc1.Cc1cc(C)c(C)c(C)c1.Cc1ccccc1.Cc1ccncc1. The molecule has 0 aliphatic carbocycles. The summed E-state index contributed by atoms with van der Waals surface area (Å²) in [6, 6.07) is 59.5. The fourth-order valence-corrected chi connectivity index (χ4v) is 12.9. The van der Waals surface area contributed by atoms with Crippen molar-refractivity contribution in [1.29, 1.82) is 0 Å². The number of alkyl halides is 3. The van der Waals surface area contributed by atoms with Gasteiger partial charge < -0.3 is 9.64 Å². The number of halogens is 3. The van der Waals surface area contributed by atoms with Crippen molar-refractivity contribution in [1.82, 2.24) is 4.98 Å². The Kier molecular flexibility index (Phi) is 45.6. The van der Waals surface area contributed by atoms with Crippen LogP contribution < -0.4 is 9.64 Å². The lowest BCUT2D eigenvalue weighted by Gasteiger charge is -2.38. The average Bonchev–Trinajstić information content (AvgIpc) is 3.43. The molecule has 1 heterocycles. The maximum Gasteiger partial charge on any atom is 0.145 e. The zero-order valence-corrected chi connectivity index (χ0v) is 51.6. The van der Waals surface area contributed by atoms with E-state index >= 15 is 0 Å². The molecule has 398 valence electrons. The van der Waals surface area contributed by atoms with Crippen molar-refractivity contribution < 1.29 is 9.13 Å². The highest BCUT2D eigenvalue weighted by Crippen LogP contribution is 2.40. The summed E-state index contributed by atoms with van der Waals surface area (Å²) in [5.74, 6) is 5.89. The number of rotatable bonds is 7. The number of aromatic nitrogens is 1. The molecular weight excluding hydrogens is 999 g/mol. The molecule has 0 aliphatic heterocycles. The zero-order chi connectivity index (χ0) is 56.0. The van der Waals surface area contributed by atoms with Crippen LogP contribution >= 0.6 is 27.5 Å².